The zero-order chi connectivity index (χ0) is 17.8. The number of carboxylic acids is 1. The van der Waals surface area contributed by atoms with Crippen molar-refractivity contribution in [2.24, 2.45) is 0 Å². The molecule has 6 heteroatoms. The van der Waals surface area contributed by atoms with Gasteiger partial charge in [-0.2, -0.15) is 0 Å². The number of benzene rings is 2. The minimum atomic E-state index is -0.903. The fourth-order valence-corrected chi connectivity index (χ4v) is 3.23. The average molecular weight is 363 g/mol. The van der Waals surface area contributed by atoms with Crippen molar-refractivity contribution in [2.45, 2.75) is 13.1 Å². The largest absolute Gasteiger partial charge is 0.478 e. The van der Waals surface area contributed by atoms with Gasteiger partial charge in [-0.05, 0) is 35.4 Å². The molecule has 0 saturated carbocycles. The van der Waals surface area contributed by atoms with Crippen LogP contribution >= 0.6 is 11.6 Å². The van der Waals surface area contributed by atoms with E-state index in [0.717, 1.165) is 50.4 Å². The molecule has 0 aliphatic carbocycles. The van der Waals surface area contributed by atoms with E-state index in [2.05, 4.69) is 9.80 Å². The third-order valence-electron chi connectivity index (χ3n) is 4.48. The summed E-state index contributed by atoms with van der Waals surface area (Å²) in [5, 5.41) is 9.41. The van der Waals surface area contributed by atoms with Crippen LogP contribution in [0.25, 0.3) is 0 Å². The number of halogens is 2. The standard InChI is InChI=1S/C19H20ClFN2O2/c20-18-11-17(21)6-5-16(18)13-23-9-7-22(8-10-23)12-14-1-3-15(4-2-14)19(24)25/h1-6,11H,7-10,12-13H2,(H,24,25). The molecule has 1 N–H and O–H groups in total. The number of carbonyl (C=O) groups is 1. The fourth-order valence-electron chi connectivity index (χ4n) is 3.01. The highest BCUT2D eigenvalue weighted by molar-refractivity contribution is 6.31. The van der Waals surface area contributed by atoms with E-state index in [0.29, 0.717) is 10.6 Å². The molecule has 132 valence electrons. The van der Waals surface area contributed by atoms with Crippen LogP contribution in [0.4, 0.5) is 4.39 Å². The molecule has 1 aliphatic heterocycles. The van der Waals surface area contributed by atoms with E-state index in [4.69, 9.17) is 16.7 Å². The quantitative estimate of drug-likeness (QED) is 0.884. The molecule has 25 heavy (non-hydrogen) atoms. The smallest absolute Gasteiger partial charge is 0.335 e. The van der Waals surface area contributed by atoms with Gasteiger partial charge in [0.1, 0.15) is 5.82 Å². The van der Waals surface area contributed by atoms with Crippen molar-refractivity contribution in [1.29, 1.82) is 0 Å². The van der Waals surface area contributed by atoms with Crippen molar-refractivity contribution >= 4 is 17.6 Å². The van der Waals surface area contributed by atoms with Crippen LogP contribution in [0.5, 0.6) is 0 Å². The van der Waals surface area contributed by atoms with Gasteiger partial charge < -0.3 is 5.11 Å². The van der Waals surface area contributed by atoms with Gasteiger partial charge in [0.25, 0.3) is 0 Å². The molecule has 1 aliphatic rings. The monoisotopic (exact) mass is 362 g/mol. The van der Waals surface area contributed by atoms with Crippen LogP contribution in [0.2, 0.25) is 5.02 Å². The molecule has 1 fully saturated rings. The molecule has 0 unspecified atom stereocenters. The Morgan fingerprint density at radius 3 is 2.16 bits per heavy atom. The van der Waals surface area contributed by atoms with Gasteiger partial charge in [0.15, 0.2) is 0 Å². The first kappa shape index (κ1) is 17.9. The van der Waals surface area contributed by atoms with E-state index >= 15 is 0 Å². The SMILES string of the molecule is O=C(O)c1ccc(CN2CCN(Cc3ccc(F)cc3Cl)CC2)cc1. The molecule has 0 spiro atoms. The summed E-state index contributed by atoms with van der Waals surface area (Å²) in [4.78, 5) is 15.5. The van der Waals surface area contributed by atoms with E-state index < -0.39 is 5.97 Å². The average Bonchev–Trinajstić information content (AvgIpc) is 2.59. The second-order valence-electron chi connectivity index (χ2n) is 6.29. The molecule has 3 rings (SSSR count). The number of nitrogens with zero attached hydrogens (tertiary/aromatic N) is 2. The van der Waals surface area contributed by atoms with Crippen LogP contribution in [0.3, 0.4) is 0 Å². The Bertz CT molecular complexity index is 744. The maximum Gasteiger partial charge on any atom is 0.335 e. The molecule has 2 aromatic carbocycles. The summed E-state index contributed by atoms with van der Waals surface area (Å²) >= 11 is 6.10. The summed E-state index contributed by atoms with van der Waals surface area (Å²) in [5.41, 5.74) is 2.37. The number of hydrogen-bond donors (Lipinski definition) is 1. The summed E-state index contributed by atoms with van der Waals surface area (Å²) in [6.07, 6.45) is 0. The van der Waals surface area contributed by atoms with E-state index in [1.165, 1.54) is 12.1 Å². The highest BCUT2D eigenvalue weighted by Gasteiger charge is 2.18. The molecule has 0 atom stereocenters. The van der Waals surface area contributed by atoms with Crippen LogP contribution in [-0.4, -0.2) is 47.1 Å². The normalized spacial score (nSPS) is 16.1. The van der Waals surface area contributed by atoms with E-state index in [-0.39, 0.29) is 5.82 Å². The fraction of sp³-hybridized carbons (Fsp3) is 0.316. The second kappa shape index (κ2) is 7.95. The molecule has 0 bridgehead atoms. The molecular weight excluding hydrogens is 343 g/mol. The highest BCUT2D eigenvalue weighted by atomic mass is 35.5. The van der Waals surface area contributed by atoms with Crippen LogP contribution < -0.4 is 0 Å². The van der Waals surface area contributed by atoms with Gasteiger partial charge in [0, 0.05) is 44.3 Å². The molecular formula is C19H20ClFN2O2. The first-order chi connectivity index (χ1) is 12.0. The molecule has 4 nitrogen and oxygen atoms in total. The van der Waals surface area contributed by atoms with Crippen LogP contribution in [0.15, 0.2) is 42.5 Å². The minimum absolute atomic E-state index is 0.310. The zero-order valence-corrected chi connectivity index (χ0v) is 14.5. The number of hydrogen-bond acceptors (Lipinski definition) is 3. The van der Waals surface area contributed by atoms with Gasteiger partial charge in [-0.25, -0.2) is 9.18 Å². The Labute approximate surface area is 151 Å². The Morgan fingerprint density at radius 2 is 1.60 bits per heavy atom. The molecule has 0 amide bonds. The Balaban J connectivity index is 1.50. The third-order valence-corrected chi connectivity index (χ3v) is 4.83. The predicted molar refractivity (Wildman–Crippen MR) is 95.4 cm³/mol. The van der Waals surface area contributed by atoms with E-state index in [1.54, 1.807) is 18.2 Å². The predicted octanol–water partition coefficient (Wildman–Crippen LogP) is 3.50. The van der Waals surface area contributed by atoms with Gasteiger partial charge in [0.2, 0.25) is 0 Å². The lowest BCUT2D eigenvalue weighted by atomic mass is 10.1. The maximum absolute atomic E-state index is 13.1. The van der Waals surface area contributed by atoms with Gasteiger partial charge in [-0.1, -0.05) is 29.8 Å². The highest BCUT2D eigenvalue weighted by Crippen LogP contribution is 2.20. The zero-order valence-electron chi connectivity index (χ0n) is 13.8. The Hall–Kier alpha value is -1.95. The van der Waals surface area contributed by atoms with Crippen LogP contribution in [0, 0.1) is 5.82 Å². The van der Waals surface area contributed by atoms with E-state index in [1.807, 2.05) is 12.1 Å². The van der Waals surface area contributed by atoms with Crippen LogP contribution in [-0.2, 0) is 13.1 Å². The lowest BCUT2D eigenvalue weighted by Crippen LogP contribution is -2.45. The summed E-state index contributed by atoms with van der Waals surface area (Å²) in [5.74, 6) is -1.22. The topological polar surface area (TPSA) is 43.8 Å². The third kappa shape index (κ3) is 4.78. The van der Waals surface area contributed by atoms with Crippen molar-refractivity contribution in [2.75, 3.05) is 26.2 Å². The summed E-state index contributed by atoms with van der Waals surface area (Å²) < 4.78 is 13.1. The van der Waals surface area contributed by atoms with Crippen molar-refractivity contribution < 1.29 is 14.3 Å². The molecule has 0 radical (unpaired) electrons. The lowest BCUT2D eigenvalue weighted by molar-refractivity contribution is 0.0697. The molecule has 0 aromatic heterocycles. The van der Waals surface area contributed by atoms with Crippen molar-refractivity contribution in [3.05, 3.63) is 70.0 Å². The number of rotatable bonds is 5. The van der Waals surface area contributed by atoms with Gasteiger partial charge >= 0.3 is 5.97 Å². The number of aromatic carboxylic acids is 1. The molecule has 2 aromatic rings. The second-order valence-corrected chi connectivity index (χ2v) is 6.70. The first-order valence-corrected chi connectivity index (χ1v) is 8.60. The number of piperazine rings is 1. The minimum Gasteiger partial charge on any atom is -0.478 e. The Morgan fingerprint density at radius 1 is 1.00 bits per heavy atom. The maximum atomic E-state index is 13.1. The van der Waals surface area contributed by atoms with Crippen molar-refractivity contribution in [3.8, 4) is 0 Å². The molecule has 1 heterocycles. The van der Waals surface area contributed by atoms with Crippen LogP contribution in [0.1, 0.15) is 21.5 Å². The number of carboxylic acid groups (broad SMARTS) is 1. The summed E-state index contributed by atoms with van der Waals surface area (Å²) in [6, 6.07) is 11.6. The first-order valence-electron chi connectivity index (χ1n) is 8.22. The van der Waals surface area contributed by atoms with E-state index in [9.17, 15) is 9.18 Å². The summed E-state index contributed by atoms with van der Waals surface area (Å²) in [6.45, 7) is 5.23. The van der Waals surface area contributed by atoms with Gasteiger partial charge in [0.05, 0.1) is 5.56 Å². The van der Waals surface area contributed by atoms with Gasteiger partial charge in [-0.3, -0.25) is 9.80 Å². The lowest BCUT2D eigenvalue weighted by Gasteiger charge is -2.34. The van der Waals surface area contributed by atoms with Crippen molar-refractivity contribution in [3.63, 3.8) is 0 Å². The molecule has 1 saturated heterocycles. The van der Waals surface area contributed by atoms with Gasteiger partial charge in [-0.15, -0.1) is 0 Å². The summed E-state index contributed by atoms with van der Waals surface area (Å²) in [7, 11) is 0. The Kier molecular flexibility index (Phi) is 5.68. The van der Waals surface area contributed by atoms with Crippen molar-refractivity contribution in [1.82, 2.24) is 9.80 Å².